The first kappa shape index (κ1) is 25.3. The topological polar surface area (TPSA) is 120 Å². The van der Waals surface area contributed by atoms with Crippen molar-refractivity contribution in [1.82, 2.24) is 15.2 Å². The van der Waals surface area contributed by atoms with Crippen molar-refractivity contribution in [2.75, 3.05) is 32.0 Å². The highest BCUT2D eigenvalue weighted by Gasteiger charge is 2.19. The monoisotopic (exact) mass is 532 g/mol. The Kier molecular flexibility index (Phi) is 7.57. The lowest BCUT2D eigenvalue weighted by molar-refractivity contribution is -0.116. The first-order valence-electron chi connectivity index (χ1n) is 12.0. The highest BCUT2D eigenvalue weighted by molar-refractivity contribution is 6.35. The van der Waals surface area contributed by atoms with E-state index in [0.717, 1.165) is 22.1 Å². The van der Waals surface area contributed by atoms with Crippen LogP contribution in [0.4, 0.5) is 10.6 Å². The number of fused-ring (bicyclic) bond motifs is 1. The van der Waals surface area contributed by atoms with Crippen molar-refractivity contribution in [2.45, 2.75) is 6.54 Å². The van der Waals surface area contributed by atoms with Crippen LogP contribution in [0.3, 0.4) is 0 Å². The number of hydrogen-bond acceptors (Lipinski definition) is 7. The quantitative estimate of drug-likeness (QED) is 0.339. The molecule has 9 nitrogen and oxygen atoms in total. The zero-order chi connectivity index (χ0) is 26.5. The van der Waals surface area contributed by atoms with Crippen LogP contribution < -0.4 is 15.8 Å². The first-order chi connectivity index (χ1) is 18.4. The van der Waals surface area contributed by atoms with Gasteiger partial charge in [-0.25, -0.2) is 9.78 Å². The normalized spacial score (nSPS) is 13.7. The summed E-state index contributed by atoms with van der Waals surface area (Å²) in [5.74, 6) is 1.17. The molecule has 0 atom stereocenters. The third kappa shape index (κ3) is 6.13. The number of nitrogens with one attached hydrogen (secondary N) is 1. The standard InChI is InChI=1S/C28H25ClN4O5/c29-24-15-20(19-3-5-22(6-4-19)38-28(35)33-9-11-36-12-10-33)13-21-14-23(37-27(21)24)17-32-26(34)8-2-18-1-7-25(30)31-16-18/h1-8,13-16H,9-12,17H2,(H2,30,31)(H,32,34). The average molecular weight is 533 g/mol. The number of hydrogen-bond donors (Lipinski definition) is 2. The molecule has 0 unspecified atom stereocenters. The van der Waals surface area contributed by atoms with Crippen LogP contribution in [0.1, 0.15) is 11.3 Å². The van der Waals surface area contributed by atoms with E-state index in [1.54, 1.807) is 41.4 Å². The van der Waals surface area contributed by atoms with Gasteiger partial charge >= 0.3 is 6.09 Å². The zero-order valence-corrected chi connectivity index (χ0v) is 21.1. The summed E-state index contributed by atoms with van der Waals surface area (Å²) < 4.78 is 16.6. The summed E-state index contributed by atoms with van der Waals surface area (Å²) in [7, 11) is 0. The molecule has 4 aromatic rings. The molecule has 2 aromatic carbocycles. The van der Waals surface area contributed by atoms with Crippen LogP contribution >= 0.6 is 11.6 Å². The van der Waals surface area contributed by atoms with Crippen molar-refractivity contribution in [3.05, 3.63) is 83.2 Å². The lowest BCUT2D eigenvalue weighted by Gasteiger charge is -2.25. The molecule has 5 rings (SSSR count). The molecule has 0 radical (unpaired) electrons. The van der Waals surface area contributed by atoms with E-state index >= 15 is 0 Å². The number of nitrogens with zero attached hydrogens (tertiary/aromatic N) is 2. The van der Waals surface area contributed by atoms with Crippen LogP contribution in [0, 0.1) is 0 Å². The fraction of sp³-hybridized carbons (Fsp3) is 0.179. The number of ether oxygens (including phenoxy) is 2. The lowest BCUT2D eigenvalue weighted by Crippen LogP contribution is -2.42. The minimum absolute atomic E-state index is 0.201. The molecule has 0 bridgehead atoms. The number of furan rings is 1. The Morgan fingerprint density at radius 2 is 1.87 bits per heavy atom. The van der Waals surface area contributed by atoms with Gasteiger partial charge in [-0.3, -0.25) is 4.79 Å². The lowest BCUT2D eigenvalue weighted by atomic mass is 10.0. The maximum absolute atomic E-state index is 12.3. The van der Waals surface area contributed by atoms with Gasteiger partial charge in [-0.05, 0) is 65.2 Å². The number of anilines is 1. The molecular formula is C28H25ClN4O5. The van der Waals surface area contributed by atoms with E-state index in [-0.39, 0.29) is 18.5 Å². The second-order valence-electron chi connectivity index (χ2n) is 8.65. The van der Waals surface area contributed by atoms with Crippen molar-refractivity contribution < 1.29 is 23.5 Å². The zero-order valence-electron chi connectivity index (χ0n) is 20.4. The smallest absolute Gasteiger partial charge is 0.415 e. The summed E-state index contributed by atoms with van der Waals surface area (Å²) in [4.78, 5) is 30.1. The van der Waals surface area contributed by atoms with Crippen LogP contribution in [-0.4, -0.2) is 48.2 Å². The highest BCUT2D eigenvalue weighted by atomic mass is 35.5. The summed E-state index contributed by atoms with van der Waals surface area (Å²) >= 11 is 6.51. The third-order valence-electron chi connectivity index (χ3n) is 5.96. The Labute approximate surface area is 223 Å². The summed E-state index contributed by atoms with van der Waals surface area (Å²) in [6.45, 7) is 2.26. The summed E-state index contributed by atoms with van der Waals surface area (Å²) in [5.41, 5.74) is 8.66. The van der Waals surface area contributed by atoms with E-state index in [4.69, 9.17) is 31.2 Å². The van der Waals surface area contributed by atoms with E-state index in [0.29, 0.717) is 54.2 Å². The molecule has 1 fully saturated rings. The number of carbonyl (C=O) groups is 2. The van der Waals surface area contributed by atoms with Crippen molar-refractivity contribution >= 4 is 46.5 Å². The van der Waals surface area contributed by atoms with E-state index < -0.39 is 0 Å². The van der Waals surface area contributed by atoms with Crippen LogP contribution in [0.15, 0.2) is 71.3 Å². The average Bonchev–Trinajstić information content (AvgIpc) is 3.36. The van der Waals surface area contributed by atoms with Crippen molar-refractivity contribution in [2.24, 2.45) is 0 Å². The number of morpholine rings is 1. The van der Waals surface area contributed by atoms with Gasteiger partial charge in [0.1, 0.15) is 17.3 Å². The molecule has 0 spiro atoms. The van der Waals surface area contributed by atoms with Gasteiger partial charge in [0.2, 0.25) is 5.91 Å². The Hall–Kier alpha value is -4.34. The maximum atomic E-state index is 12.3. The number of benzene rings is 2. The Morgan fingerprint density at radius 3 is 2.61 bits per heavy atom. The molecule has 3 N–H and O–H groups in total. The molecule has 38 heavy (non-hydrogen) atoms. The number of halogens is 1. The molecule has 1 saturated heterocycles. The minimum Gasteiger partial charge on any atom is -0.458 e. The maximum Gasteiger partial charge on any atom is 0.415 e. The van der Waals surface area contributed by atoms with E-state index in [1.165, 1.54) is 6.08 Å². The van der Waals surface area contributed by atoms with Crippen molar-refractivity contribution in [3.8, 4) is 16.9 Å². The molecule has 1 aliphatic rings. The van der Waals surface area contributed by atoms with Gasteiger partial charge in [-0.1, -0.05) is 23.7 Å². The van der Waals surface area contributed by atoms with E-state index in [2.05, 4.69) is 10.3 Å². The van der Waals surface area contributed by atoms with Gasteiger partial charge in [-0.15, -0.1) is 0 Å². The van der Waals surface area contributed by atoms with Crippen LogP contribution in [-0.2, 0) is 16.1 Å². The number of nitrogens with two attached hydrogens (primary N) is 1. The number of carbonyl (C=O) groups excluding carboxylic acids is 2. The van der Waals surface area contributed by atoms with Gasteiger partial charge < -0.3 is 29.8 Å². The van der Waals surface area contributed by atoms with E-state index in [9.17, 15) is 9.59 Å². The molecule has 194 valence electrons. The predicted molar refractivity (Wildman–Crippen MR) is 145 cm³/mol. The molecule has 3 heterocycles. The van der Waals surface area contributed by atoms with Gasteiger partial charge in [0.05, 0.1) is 24.8 Å². The fourth-order valence-corrected chi connectivity index (χ4v) is 4.23. The number of pyridine rings is 1. The van der Waals surface area contributed by atoms with Gasteiger partial charge in [0.15, 0.2) is 5.58 Å². The van der Waals surface area contributed by atoms with E-state index in [1.807, 2.05) is 30.3 Å². The summed E-state index contributed by atoms with van der Waals surface area (Å²) in [5, 5.41) is 4.05. The van der Waals surface area contributed by atoms with Gasteiger partial charge in [-0.2, -0.15) is 0 Å². The fourth-order valence-electron chi connectivity index (χ4n) is 3.96. The van der Waals surface area contributed by atoms with Gasteiger partial charge in [0.25, 0.3) is 0 Å². The Bertz CT molecular complexity index is 1480. The Morgan fingerprint density at radius 1 is 1.08 bits per heavy atom. The minimum atomic E-state index is -0.388. The largest absolute Gasteiger partial charge is 0.458 e. The van der Waals surface area contributed by atoms with Crippen LogP contribution in [0.2, 0.25) is 5.02 Å². The highest BCUT2D eigenvalue weighted by Crippen LogP contribution is 2.33. The molecule has 10 heteroatoms. The van der Waals surface area contributed by atoms with Crippen LogP contribution in [0.5, 0.6) is 5.75 Å². The molecule has 2 amide bonds. The SMILES string of the molecule is Nc1ccc(C=CC(=O)NCc2cc3cc(-c4ccc(OC(=O)N5CCOCC5)cc4)cc(Cl)c3o2)cn1. The molecule has 1 aliphatic heterocycles. The number of nitrogen functional groups attached to an aromatic ring is 1. The summed E-state index contributed by atoms with van der Waals surface area (Å²) in [6.07, 6.45) is 4.27. The second kappa shape index (κ2) is 11.4. The Balaban J connectivity index is 1.23. The van der Waals surface area contributed by atoms with Gasteiger partial charge in [0, 0.05) is 30.7 Å². The molecule has 2 aromatic heterocycles. The number of rotatable bonds is 6. The number of aromatic nitrogens is 1. The van der Waals surface area contributed by atoms with Crippen molar-refractivity contribution in [3.63, 3.8) is 0 Å². The van der Waals surface area contributed by atoms with Crippen LogP contribution in [0.25, 0.3) is 28.2 Å². The predicted octanol–water partition coefficient (Wildman–Crippen LogP) is 4.89. The molecule has 0 aliphatic carbocycles. The van der Waals surface area contributed by atoms with Crippen molar-refractivity contribution in [1.29, 1.82) is 0 Å². The first-order valence-corrected chi connectivity index (χ1v) is 12.4. The number of amides is 2. The second-order valence-corrected chi connectivity index (χ2v) is 9.06. The third-order valence-corrected chi connectivity index (χ3v) is 6.24. The summed E-state index contributed by atoms with van der Waals surface area (Å²) in [6, 6.07) is 16.3. The molecular weight excluding hydrogens is 508 g/mol. The molecule has 0 saturated carbocycles.